The number of hydrogen-bond acceptors (Lipinski definition) is 8. The second-order valence-corrected chi connectivity index (χ2v) is 5.25. The molecule has 10 heteroatoms. The van der Waals surface area contributed by atoms with Gasteiger partial charge in [-0.1, -0.05) is 0 Å². The summed E-state index contributed by atoms with van der Waals surface area (Å²) in [6, 6.07) is 4.85. The van der Waals surface area contributed by atoms with Crippen molar-refractivity contribution in [1.82, 2.24) is 19.7 Å². The van der Waals surface area contributed by atoms with E-state index in [2.05, 4.69) is 25.1 Å². The van der Waals surface area contributed by atoms with Crippen molar-refractivity contribution in [1.29, 1.82) is 0 Å². The molecule has 0 aliphatic rings. The van der Waals surface area contributed by atoms with E-state index in [9.17, 15) is 14.9 Å². The highest BCUT2D eigenvalue weighted by molar-refractivity contribution is 5.90. The maximum atomic E-state index is 11.5. The Hall–Kier alpha value is -3.82. The summed E-state index contributed by atoms with van der Waals surface area (Å²) in [6.07, 6.45) is 7.81. The number of rotatable bonds is 6. The normalized spacial score (nSPS) is 10.3. The molecule has 0 aliphatic heterocycles. The van der Waals surface area contributed by atoms with Gasteiger partial charge in [-0.3, -0.25) is 19.8 Å². The Kier molecular flexibility index (Phi) is 4.83. The van der Waals surface area contributed by atoms with Crippen LogP contribution in [-0.2, 0) is 11.3 Å². The first-order valence-corrected chi connectivity index (χ1v) is 7.48. The van der Waals surface area contributed by atoms with E-state index in [-0.39, 0.29) is 17.1 Å². The minimum absolute atomic E-state index is 0.00173. The monoisotopic (exact) mass is 354 g/mol. The van der Waals surface area contributed by atoms with Crippen LogP contribution >= 0.6 is 0 Å². The lowest BCUT2D eigenvalue weighted by Crippen LogP contribution is -2.06. The van der Waals surface area contributed by atoms with Crippen LogP contribution in [0.3, 0.4) is 0 Å². The van der Waals surface area contributed by atoms with Crippen molar-refractivity contribution in [3.05, 3.63) is 70.4 Å². The topological polar surface area (TPSA) is 125 Å². The van der Waals surface area contributed by atoms with Crippen LogP contribution in [-0.4, -0.2) is 37.8 Å². The van der Waals surface area contributed by atoms with Gasteiger partial charge in [0.1, 0.15) is 0 Å². The number of hydrogen-bond donors (Lipinski definition) is 1. The Morgan fingerprint density at radius 1 is 1.35 bits per heavy atom. The minimum Gasteiger partial charge on any atom is -0.465 e. The summed E-state index contributed by atoms with van der Waals surface area (Å²) in [5.74, 6) is -0.691. The number of pyridine rings is 2. The van der Waals surface area contributed by atoms with Crippen LogP contribution in [0.5, 0.6) is 0 Å². The molecule has 0 bridgehead atoms. The summed E-state index contributed by atoms with van der Waals surface area (Å²) in [6.45, 7) is 0.529. The van der Waals surface area contributed by atoms with Gasteiger partial charge < -0.3 is 10.1 Å². The van der Waals surface area contributed by atoms with Gasteiger partial charge in [0.2, 0.25) is 5.82 Å². The first-order valence-electron chi connectivity index (χ1n) is 7.48. The summed E-state index contributed by atoms with van der Waals surface area (Å²) >= 11 is 0. The molecule has 0 saturated heterocycles. The molecular formula is C16H14N6O4. The van der Waals surface area contributed by atoms with Crippen LogP contribution in [0.1, 0.15) is 15.9 Å². The Morgan fingerprint density at radius 3 is 2.81 bits per heavy atom. The summed E-state index contributed by atoms with van der Waals surface area (Å²) in [7, 11) is 1.19. The molecule has 0 atom stereocenters. The second-order valence-electron chi connectivity index (χ2n) is 5.25. The number of ether oxygens (including phenoxy) is 1. The number of carbonyl (C=O) groups is 1. The molecule has 0 amide bonds. The van der Waals surface area contributed by atoms with Gasteiger partial charge in [0, 0.05) is 30.9 Å². The largest absolute Gasteiger partial charge is 0.465 e. The van der Waals surface area contributed by atoms with Crippen molar-refractivity contribution < 1.29 is 14.5 Å². The van der Waals surface area contributed by atoms with Crippen LogP contribution in [0.4, 0.5) is 17.2 Å². The quantitative estimate of drug-likeness (QED) is 0.405. The van der Waals surface area contributed by atoms with Crippen molar-refractivity contribution in [2.75, 3.05) is 12.4 Å². The van der Waals surface area contributed by atoms with Crippen molar-refractivity contribution in [3.63, 3.8) is 0 Å². The zero-order valence-corrected chi connectivity index (χ0v) is 13.7. The molecule has 0 aliphatic carbocycles. The first kappa shape index (κ1) is 17.0. The first-order chi connectivity index (χ1) is 12.6. The van der Waals surface area contributed by atoms with Gasteiger partial charge in [-0.2, -0.15) is 5.10 Å². The van der Waals surface area contributed by atoms with Crippen LogP contribution in [0.25, 0.3) is 0 Å². The molecule has 0 fully saturated rings. The molecule has 1 N–H and O–H groups in total. The van der Waals surface area contributed by atoms with Gasteiger partial charge in [-0.25, -0.2) is 9.78 Å². The highest BCUT2D eigenvalue weighted by atomic mass is 16.6. The van der Waals surface area contributed by atoms with E-state index in [0.717, 1.165) is 11.6 Å². The van der Waals surface area contributed by atoms with Gasteiger partial charge in [-0.05, 0) is 17.7 Å². The van der Waals surface area contributed by atoms with Crippen LogP contribution < -0.4 is 5.32 Å². The lowest BCUT2D eigenvalue weighted by atomic mass is 10.2. The number of nitro groups is 1. The molecule has 132 valence electrons. The molecule has 0 radical (unpaired) electrons. The summed E-state index contributed by atoms with van der Waals surface area (Å²) in [5, 5.41) is 18.3. The van der Waals surface area contributed by atoms with Gasteiger partial charge >= 0.3 is 11.7 Å². The Morgan fingerprint density at radius 2 is 2.12 bits per heavy atom. The van der Waals surface area contributed by atoms with Crippen molar-refractivity contribution in [2.24, 2.45) is 0 Å². The van der Waals surface area contributed by atoms with Gasteiger partial charge in [0.25, 0.3) is 0 Å². The summed E-state index contributed by atoms with van der Waals surface area (Å²) in [5.41, 5.74) is 1.20. The fourth-order valence-corrected chi connectivity index (χ4v) is 2.24. The number of aromatic nitrogens is 4. The third-order valence-corrected chi connectivity index (χ3v) is 3.48. The van der Waals surface area contributed by atoms with Gasteiger partial charge in [0.15, 0.2) is 0 Å². The molecule has 0 aromatic carbocycles. The Labute approximate surface area is 147 Å². The van der Waals surface area contributed by atoms with E-state index in [1.165, 1.54) is 19.5 Å². The molecule has 3 rings (SSSR count). The molecule has 26 heavy (non-hydrogen) atoms. The van der Waals surface area contributed by atoms with Gasteiger partial charge in [-0.15, -0.1) is 0 Å². The highest BCUT2D eigenvalue weighted by Crippen LogP contribution is 2.26. The van der Waals surface area contributed by atoms with Crippen molar-refractivity contribution in [2.45, 2.75) is 6.54 Å². The van der Waals surface area contributed by atoms with E-state index in [0.29, 0.717) is 12.2 Å². The molecule has 3 aromatic heterocycles. The van der Waals surface area contributed by atoms with E-state index in [4.69, 9.17) is 0 Å². The molecule has 10 nitrogen and oxygen atoms in total. The number of esters is 1. The molecule has 0 saturated carbocycles. The predicted molar refractivity (Wildman–Crippen MR) is 91.1 cm³/mol. The fraction of sp³-hybridized carbons (Fsp3) is 0.125. The lowest BCUT2D eigenvalue weighted by Gasteiger charge is -2.05. The standard InChI is InChI=1S/C16H14N6O4/c1-26-16(23)12-6-14(22(24)25)15(18-7-12)20-13-8-19-21(10-13)9-11-2-4-17-5-3-11/h2-8,10H,9H2,1H3,(H,18,20). The third kappa shape index (κ3) is 3.80. The van der Waals surface area contributed by atoms with Crippen molar-refractivity contribution >= 4 is 23.2 Å². The van der Waals surface area contributed by atoms with Crippen LogP contribution in [0, 0.1) is 10.1 Å². The van der Waals surface area contributed by atoms with E-state index in [1.54, 1.807) is 23.3 Å². The number of nitrogens with zero attached hydrogens (tertiary/aromatic N) is 5. The van der Waals surface area contributed by atoms with E-state index < -0.39 is 10.9 Å². The third-order valence-electron chi connectivity index (χ3n) is 3.48. The zero-order chi connectivity index (χ0) is 18.5. The Bertz CT molecular complexity index is 941. The Balaban J connectivity index is 1.80. The summed E-state index contributed by atoms with van der Waals surface area (Å²) in [4.78, 5) is 30.1. The second kappa shape index (κ2) is 7.38. The van der Waals surface area contributed by atoms with Crippen LogP contribution in [0.2, 0.25) is 0 Å². The minimum atomic E-state index is -0.697. The van der Waals surface area contributed by atoms with E-state index in [1.807, 2.05) is 12.1 Å². The molecular weight excluding hydrogens is 340 g/mol. The van der Waals surface area contributed by atoms with Crippen molar-refractivity contribution in [3.8, 4) is 0 Å². The number of nitrogens with one attached hydrogen (secondary N) is 1. The summed E-state index contributed by atoms with van der Waals surface area (Å²) < 4.78 is 6.22. The molecule has 0 unspecified atom stereocenters. The SMILES string of the molecule is COC(=O)c1cnc(Nc2cnn(Cc3ccncc3)c2)c([N+](=O)[O-])c1. The maximum Gasteiger partial charge on any atom is 0.339 e. The molecule has 3 aromatic rings. The maximum absolute atomic E-state index is 11.5. The zero-order valence-electron chi connectivity index (χ0n) is 13.7. The van der Waals surface area contributed by atoms with Crippen LogP contribution in [0.15, 0.2) is 49.2 Å². The lowest BCUT2D eigenvalue weighted by molar-refractivity contribution is -0.384. The van der Waals surface area contributed by atoms with E-state index >= 15 is 0 Å². The predicted octanol–water partition coefficient (Wildman–Crippen LogP) is 2.16. The van der Waals surface area contributed by atoms with Gasteiger partial charge in [0.05, 0.1) is 36.0 Å². The molecule has 0 spiro atoms. The number of anilines is 2. The molecule has 3 heterocycles. The highest BCUT2D eigenvalue weighted by Gasteiger charge is 2.20. The fourth-order valence-electron chi connectivity index (χ4n) is 2.24. The number of methoxy groups -OCH3 is 1. The average Bonchev–Trinajstić information content (AvgIpc) is 3.09. The smallest absolute Gasteiger partial charge is 0.339 e. The number of carbonyl (C=O) groups excluding carboxylic acids is 1. The average molecular weight is 354 g/mol.